The van der Waals surface area contributed by atoms with Crippen LogP contribution in [0.25, 0.3) is 11.0 Å². The van der Waals surface area contributed by atoms with Crippen LogP contribution in [0, 0.1) is 6.33 Å². The molecule has 0 bridgehead atoms. The third-order valence-electron chi connectivity index (χ3n) is 1.54. The first-order valence-corrected chi connectivity index (χ1v) is 3.30. The van der Waals surface area contributed by atoms with Gasteiger partial charge >= 0.3 is 0 Å². The molecule has 1 radical (unpaired) electrons. The number of aromatic amines is 1. The Morgan fingerprint density at radius 1 is 1.54 bits per heavy atom. The van der Waals surface area contributed by atoms with E-state index in [-0.39, 0.29) is 38.4 Å². The predicted octanol–water partition coefficient (Wildman–Crippen LogP) is -0.146. The van der Waals surface area contributed by atoms with Crippen molar-refractivity contribution in [2.24, 2.45) is 5.73 Å². The van der Waals surface area contributed by atoms with Crippen LogP contribution in [-0.2, 0) is 32.7 Å². The number of nitrogens with two attached hydrogens (primary N) is 1. The van der Waals surface area contributed by atoms with Crippen LogP contribution in [-0.4, -0.2) is 20.9 Å². The second-order valence-electron chi connectivity index (χ2n) is 2.28. The molecule has 0 spiro atoms. The molecule has 2 heterocycles. The molecular weight excluding hydrogens is 245 g/mol. The molecule has 5 nitrogen and oxygen atoms in total. The Hall–Kier alpha value is -0.806. The van der Waals surface area contributed by atoms with E-state index in [9.17, 15) is 4.79 Å². The van der Waals surface area contributed by atoms with Crippen molar-refractivity contribution in [1.29, 1.82) is 0 Å². The summed E-state index contributed by atoms with van der Waals surface area (Å²) in [5.41, 5.74) is 5.84. The summed E-state index contributed by atoms with van der Waals surface area (Å²) in [4.78, 5) is 21.1. The molecule has 63 valence electrons. The van der Waals surface area contributed by atoms with Crippen LogP contribution in [0.1, 0.15) is 10.5 Å². The number of hydrogen-bond donors (Lipinski definition) is 2. The van der Waals surface area contributed by atoms with Crippen molar-refractivity contribution in [2.75, 3.05) is 0 Å². The van der Waals surface area contributed by atoms with Crippen LogP contribution < -0.4 is 5.73 Å². The third-order valence-corrected chi connectivity index (χ3v) is 1.54. The van der Waals surface area contributed by atoms with Gasteiger partial charge < -0.3 is 20.7 Å². The molecule has 1 amide bonds. The number of amides is 1. The standard InChI is InChI=1S/C7H5N4O.Y/c8-6(12)5-4-1-2-9-7(4)11-3-10-5;/h1-2H,(H2,8,12)(H,9,10,11);/q-1;. The summed E-state index contributed by atoms with van der Waals surface area (Å²) in [5, 5.41) is 0.626. The van der Waals surface area contributed by atoms with E-state index < -0.39 is 5.91 Å². The third kappa shape index (κ3) is 1.76. The second kappa shape index (κ2) is 3.93. The minimum absolute atomic E-state index is 0. The molecule has 2 rings (SSSR count). The number of carbonyl (C=O) groups is 1. The Balaban J connectivity index is 0.000000845. The summed E-state index contributed by atoms with van der Waals surface area (Å²) in [6, 6.07) is 1.70. The van der Waals surface area contributed by atoms with Crippen LogP contribution >= 0.6 is 0 Å². The normalized spacial score (nSPS) is 9.54. The predicted molar refractivity (Wildman–Crippen MR) is 41.2 cm³/mol. The molecule has 0 fully saturated rings. The van der Waals surface area contributed by atoms with Crippen molar-refractivity contribution in [3.05, 3.63) is 24.3 Å². The minimum atomic E-state index is -0.571. The number of nitrogens with zero attached hydrogens (tertiary/aromatic N) is 2. The van der Waals surface area contributed by atoms with Crippen LogP contribution in [0.15, 0.2) is 12.3 Å². The molecule has 3 N–H and O–H groups in total. The number of rotatable bonds is 1. The van der Waals surface area contributed by atoms with Crippen LogP contribution in [0.5, 0.6) is 0 Å². The Morgan fingerprint density at radius 2 is 2.31 bits per heavy atom. The molecular formula is C7H5N4OY-. The van der Waals surface area contributed by atoms with Crippen molar-refractivity contribution >= 4 is 16.9 Å². The molecule has 0 aliphatic rings. The summed E-state index contributed by atoms with van der Waals surface area (Å²) in [6.45, 7) is 0. The van der Waals surface area contributed by atoms with Gasteiger partial charge in [-0.1, -0.05) is 11.5 Å². The Kier molecular flexibility index (Phi) is 3.11. The molecule has 0 saturated heterocycles. The Bertz CT molecular complexity index is 439. The zero-order valence-electron chi connectivity index (χ0n) is 6.61. The fourth-order valence-electron chi connectivity index (χ4n) is 1.02. The second-order valence-corrected chi connectivity index (χ2v) is 2.28. The average Bonchev–Trinajstić information content (AvgIpc) is 2.49. The Labute approximate surface area is 99.0 Å². The fraction of sp³-hybridized carbons (Fsp3) is 0. The van der Waals surface area contributed by atoms with Gasteiger partial charge in [0.2, 0.25) is 5.91 Å². The van der Waals surface area contributed by atoms with Gasteiger partial charge in [0.1, 0.15) is 0 Å². The van der Waals surface area contributed by atoms with Crippen LogP contribution in [0.3, 0.4) is 0 Å². The summed E-state index contributed by atoms with van der Waals surface area (Å²) in [5.74, 6) is -0.571. The van der Waals surface area contributed by atoms with E-state index in [4.69, 9.17) is 5.73 Å². The summed E-state index contributed by atoms with van der Waals surface area (Å²) in [7, 11) is 0. The van der Waals surface area contributed by atoms with Crippen molar-refractivity contribution in [3.8, 4) is 0 Å². The summed E-state index contributed by atoms with van der Waals surface area (Å²) in [6.07, 6.45) is 4.01. The number of carbonyl (C=O) groups excluding carboxylic acids is 1. The van der Waals surface area contributed by atoms with E-state index in [2.05, 4.69) is 21.3 Å². The molecule has 6 heteroatoms. The molecule has 2 aromatic heterocycles. The van der Waals surface area contributed by atoms with E-state index in [0.29, 0.717) is 11.0 Å². The van der Waals surface area contributed by atoms with Crippen molar-refractivity contribution in [3.63, 3.8) is 0 Å². The van der Waals surface area contributed by atoms with Gasteiger partial charge in [-0.3, -0.25) is 4.79 Å². The molecule has 0 aliphatic heterocycles. The maximum atomic E-state index is 10.8. The number of fused-ring (bicyclic) bond motifs is 1. The Morgan fingerprint density at radius 3 is 3.00 bits per heavy atom. The van der Waals surface area contributed by atoms with Gasteiger partial charge in [0.15, 0.2) is 0 Å². The van der Waals surface area contributed by atoms with Gasteiger partial charge in [0.25, 0.3) is 0 Å². The van der Waals surface area contributed by atoms with Gasteiger partial charge in [-0.15, -0.1) is 0 Å². The minimum Gasteiger partial charge on any atom is -0.399 e. The fourth-order valence-corrected chi connectivity index (χ4v) is 1.02. The molecule has 0 aromatic carbocycles. The van der Waals surface area contributed by atoms with Gasteiger partial charge in [-0.25, -0.2) is 0 Å². The topological polar surface area (TPSA) is 84.7 Å². The van der Waals surface area contributed by atoms with E-state index in [1.54, 1.807) is 12.3 Å². The average molecular weight is 250 g/mol. The van der Waals surface area contributed by atoms with Crippen LogP contribution in [0.2, 0.25) is 0 Å². The number of aromatic nitrogens is 3. The van der Waals surface area contributed by atoms with Crippen molar-refractivity contribution in [2.45, 2.75) is 0 Å². The number of hydrogen-bond acceptors (Lipinski definition) is 3. The maximum absolute atomic E-state index is 10.8. The molecule has 0 atom stereocenters. The van der Waals surface area contributed by atoms with Gasteiger partial charge in [-0.2, -0.15) is 0 Å². The van der Waals surface area contributed by atoms with Crippen molar-refractivity contribution in [1.82, 2.24) is 15.0 Å². The largest absolute Gasteiger partial charge is 0.399 e. The SMILES string of the molecule is NC(=O)c1n[c-]nc2[nH]ccc12.[Y]. The zero-order chi connectivity index (χ0) is 8.55. The summed E-state index contributed by atoms with van der Waals surface area (Å²) >= 11 is 0. The van der Waals surface area contributed by atoms with E-state index in [1.165, 1.54) is 0 Å². The maximum Gasteiger partial charge on any atom is 0.211 e. The van der Waals surface area contributed by atoms with Gasteiger partial charge in [0.05, 0.1) is 0 Å². The quantitative estimate of drug-likeness (QED) is 0.690. The number of H-pyrrole nitrogens is 1. The molecule has 2 aromatic rings. The monoisotopic (exact) mass is 250 g/mol. The molecule has 0 saturated carbocycles. The van der Waals surface area contributed by atoms with E-state index >= 15 is 0 Å². The first kappa shape index (κ1) is 10.3. The zero-order valence-corrected chi connectivity index (χ0v) is 9.45. The molecule has 13 heavy (non-hydrogen) atoms. The van der Waals surface area contributed by atoms with Gasteiger partial charge in [-0.05, 0) is 6.20 Å². The summed E-state index contributed by atoms with van der Waals surface area (Å²) < 4.78 is 0. The molecule has 0 aliphatic carbocycles. The first-order valence-electron chi connectivity index (χ1n) is 3.30. The number of nitrogens with one attached hydrogen (secondary N) is 1. The van der Waals surface area contributed by atoms with E-state index in [0.717, 1.165) is 0 Å². The van der Waals surface area contributed by atoms with Crippen molar-refractivity contribution < 1.29 is 37.5 Å². The molecule has 0 unspecified atom stereocenters. The smallest absolute Gasteiger partial charge is 0.211 e. The van der Waals surface area contributed by atoms with Gasteiger partial charge in [0, 0.05) is 50.4 Å². The number of primary amides is 1. The van der Waals surface area contributed by atoms with Crippen LogP contribution in [0.4, 0.5) is 0 Å². The van der Waals surface area contributed by atoms with E-state index in [1.807, 2.05) is 0 Å². The first-order chi connectivity index (χ1) is 5.79.